The summed E-state index contributed by atoms with van der Waals surface area (Å²) >= 11 is 0. The predicted octanol–water partition coefficient (Wildman–Crippen LogP) is 2.83. The van der Waals surface area contributed by atoms with E-state index in [0.717, 1.165) is 13.0 Å². The van der Waals surface area contributed by atoms with Crippen molar-refractivity contribution in [1.82, 2.24) is 0 Å². The summed E-state index contributed by atoms with van der Waals surface area (Å²) in [6, 6.07) is 0. The summed E-state index contributed by atoms with van der Waals surface area (Å²) in [6.45, 7) is 7.98. The lowest BCUT2D eigenvalue weighted by atomic mass is 10.1. The van der Waals surface area contributed by atoms with Crippen molar-refractivity contribution in [2.75, 3.05) is 6.61 Å². The average Bonchev–Trinajstić information content (AvgIpc) is 2.04. The smallest absolute Gasteiger partial charge is 0.0836 e. The van der Waals surface area contributed by atoms with E-state index in [4.69, 9.17) is 11.2 Å². The van der Waals surface area contributed by atoms with Crippen LogP contribution in [-0.4, -0.2) is 19.9 Å². The molecule has 2 heteroatoms. The second-order valence-electron chi connectivity index (χ2n) is 4.93. The molecule has 1 heterocycles. The molecule has 0 radical (unpaired) electrons. The molecule has 0 saturated carbocycles. The van der Waals surface area contributed by atoms with Gasteiger partial charge in [0.25, 0.3) is 0 Å². The molecule has 1 unspecified atom stereocenters. The van der Waals surface area contributed by atoms with Crippen LogP contribution in [0.25, 0.3) is 0 Å². The molecular weight excluding hydrogens is 176 g/mol. The van der Waals surface area contributed by atoms with Crippen molar-refractivity contribution in [3.8, 4) is 12.3 Å². The van der Waals surface area contributed by atoms with E-state index >= 15 is 0 Å². The fourth-order valence-corrected chi connectivity index (χ4v) is 4.11. The summed E-state index contributed by atoms with van der Waals surface area (Å²) in [5.41, 5.74) is 0. The summed E-state index contributed by atoms with van der Waals surface area (Å²) in [6.07, 6.45) is 9.90. The predicted molar refractivity (Wildman–Crippen MR) is 59.3 cm³/mol. The lowest BCUT2D eigenvalue weighted by molar-refractivity contribution is -0.0222. The lowest BCUT2D eigenvalue weighted by Crippen LogP contribution is -2.55. The van der Waals surface area contributed by atoms with Crippen molar-refractivity contribution in [3.63, 3.8) is 0 Å². The first kappa shape index (κ1) is 10.8. The minimum Gasteiger partial charge on any atom is -0.378 e. The molecular formula is C11H20OSi. The van der Waals surface area contributed by atoms with Crippen LogP contribution >= 0.6 is 0 Å². The Kier molecular flexibility index (Phi) is 3.21. The van der Waals surface area contributed by atoms with E-state index in [1.807, 2.05) is 0 Å². The Bertz CT molecular complexity index is 203. The SMILES string of the molecule is C#CCC1([Si](C)(C)C)CCCCO1. The van der Waals surface area contributed by atoms with Crippen LogP contribution in [0.2, 0.25) is 19.6 Å². The maximum Gasteiger partial charge on any atom is 0.0836 e. The van der Waals surface area contributed by atoms with E-state index in [9.17, 15) is 0 Å². The third-order valence-electron chi connectivity index (χ3n) is 3.11. The fourth-order valence-electron chi connectivity index (χ4n) is 2.01. The maximum absolute atomic E-state index is 5.99. The lowest BCUT2D eigenvalue weighted by Gasteiger charge is -2.45. The fraction of sp³-hybridized carbons (Fsp3) is 0.818. The van der Waals surface area contributed by atoms with E-state index in [1.54, 1.807) is 0 Å². The van der Waals surface area contributed by atoms with Gasteiger partial charge in [-0.05, 0) is 19.3 Å². The van der Waals surface area contributed by atoms with E-state index in [-0.39, 0.29) is 5.22 Å². The highest BCUT2D eigenvalue weighted by atomic mass is 28.3. The number of terminal acetylenes is 1. The number of rotatable bonds is 2. The summed E-state index contributed by atoms with van der Waals surface area (Å²) < 4.78 is 5.99. The van der Waals surface area contributed by atoms with Crippen molar-refractivity contribution in [2.45, 2.75) is 50.5 Å². The van der Waals surface area contributed by atoms with Gasteiger partial charge in [0.15, 0.2) is 0 Å². The van der Waals surface area contributed by atoms with Gasteiger partial charge in [-0.1, -0.05) is 19.6 Å². The highest BCUT2D eigenvalue weighted by molar-refractivity contribution is 6.79. The van der Waals surface area contributed by atoms with Crippen LogP contribution in [0.4, 0.5) is 0 Å². The van der Waals surface area contributed by atoms with E-state index in [0.29, 0.717) is 0 Å². The van der Waals surface area contributed by atoms with Gasteiger partial charge in [-0.3, -0.25) is 0 Å². The molecule has 0 N–H and O–H groups in total. The molecule has 1 aliphatic rings. The molecule has 1 rings (SSSR count). The maximum atomic E-state index is 5.99. The second-order valence-corrected chi connectivity index (χ2v) is 10.3. The first-order valence-corrected chi connectivity index (χ1v) is 8.59. The molecule has 74 valence electrons. The van der Waals surface area contributed by atoms with Crippen LogP contribution in [-0.2, 0) is 4.74 Å². The number of hydrogen-bond donors (Lipinski definition) is 0. The van der Waals surface area contributed by atoms with Gasteiger partial charge in [-0.25, -0.2) is 0 Å². The molecule has 1 aliphatic heterocycles. The Balaban J connectivity index is 2.80. The molecule has 0 amide bonds. The Hall–Kier alpha value is -0.263. The third kappa shape index (κ3) is 2.15. The molecule has 0 aromatic carbocycles. The molecule has 0 aromatic heterocycles. The topological polar surface area (TPSA) is 9.23 Å². The summed E-state index contributed by atoms with van der Waals surface area (Å²) in [5.74, 6) is 2.79. The van der Waals surface area contributed by atoms with Crippen LogP contribution in [0.5, 0.6) is 0 Å². The van der Waals surface area contributed by atoms with Crippen LogP contribution in [0.3, 0.4) is 0 Å². The summed E-state index contributed by atoms with van der Waals surface area (Å²) in [4.78, 5) is 0. The molecule has 0 aliphatic carbocycles. The zero-order valence-electron chi connectivity index (χ0n) is 9.02. The highest BCUT2D eigenvalue weighted by Gasteiger charge is 2.44. The van der Waals surface area contributed by atoms with Crippen LogP contribution in [0, 0.1) is 12.3 Å². The van der Waals surface area contributed by atoms with Gasteiger partial charge in [0, 0.05) is 13.0 Å². The van der Waals surface area contributed by atoms with Gasteiger partial charge < -0.3 is 4.74 Å². The molecule has 1 saturated heterocycles. The van der Waals surface area contributed by atoms with Gasteiger partial charge >= 0.3 is 0 Å². The molecule has 1 atom stereocenters. The van der Waals surface area contributed by atoms with E-state index < -0.39 is 8.07 Å². The monoisotopic (exact) mass is 196 g/mol. The van der Waals surface area contributed by atoms with Gasteiger partial charge in [0.1, 0.15) is 0 Å². The van der Waals surface area contributed by atoms with Crippen molar-refractivity contribution in [3.05, 3.63) is 0 Å². The highest BCUT2D eigenvalue weighted by Crippen LogP contribution is 2.36. The van der Waals surface area contributed by atoms with Crippen molar-refractivity contribution >= 4 is 8.07 Å². The molecule has 0 spiro atoms. The van der Waals surface area contributed by atoms with Crippen LogP contribution in [0.15, 0.2) is 0 Å². The quantitative estimate of drug-likeness (QED) is 0.487. The molecule has 1 fully saturated rings. The van der Waals surface area contributed by atoms with Gasteiger partial charge in [-0.2, -0.15) is 0 Å². The number of ether oxygens (including phenoxy) is 1. The Morgan fingerprint density at radius 1 is 1.38 bits per heavy atom. The van der Waals surface area contributed by atoms with E-state index in [2.05, 4.69) is 25.6 Å². The molecule has 0 bridgehead atoms. The zero-order chi connectivity index (χ0) is 9.95. The van der Waals surface area contributed by atoms with Gasteiger partial charge in [0.05, 0.1) is 13.3 Å². The first-order valence-electron chi connectivity index (χ1n) is 5.09. The van der Waals surface area contributed by atoms with E-state index in [1.165, 1.54) is 19.3 Å². The normalized spacial score (nSPS) is 29.7. The molecule has 0 aromatic rings. The second kappa shape index (κ2) is 3.85. The summed E-state index contributed by atoms with van der Waals surface area (Å²) in [5, 5.41) is 0.0694. The zero-order valence-corrected chi connectivity index (χ0v) is 10.0. The minimum absolute atomic E-state index is 0.0694. The average molecular weight is 196 g/mol. The van der Waals surface area contributed by atoms with Crippen LogP contribution in [0.1, 0.15) is 25.7 Å². The Morgan fingerprint density at radius 3 is 2.46 bits per heavy atom. The molecule has 1 nitrogen and oxygen atoms in total. The van der Waals surface area contributed by atoms with Crippen LogP contribution < -0.4 is 0 Å². The summed E-state index contributed by atoms with van der Waals surface area (Å²) in [7, 11) is -1.29. The van der Waals surface area contributed by atoms with Crippen molar-refractivity contribution < 1.29 is 4.74 Å². The van der Waals surface area contributed by atoms with Crippen molar-refractivity contribution in [1.29, 1.82) is 0 Å². The Labute approximate surface area is 82.9 Å². The number of hydrogen-bond acceptors (Lipinski definition) is 1. The van der Waals surface area contributed by atoms with Gasteiger partial charge in [0.2, 0.25) is 0 Å². The Morgan fingerprint density at radius 2 is 2.08 bits per heavy atom. The third-order valence-corrected chi connectivity index (χ3v) is 6.41. The minimum atomic E-state index is -1.29. The van der Waals surface area contributed by atoms with Crippen molar-refractivity contribution in [2.24, 2.45) is 0 Å². The molecule has 13 heavy (non-hydrogen) atoms. The standard InChI is InChI=1S/C11H20OSi/c1-5-8-11(13(2,3)4)9-6-7-10-12-11/h1H,6-10H2,2-4H3. The van der Waals surface area contributed by atoms with Gasteiger partial charge in [-0.15, -0.1) is 12.3 Å². The first-order chi connectivity index (χ1) is 6.02. The largest absolute Gasteiger partial charge is 0.378 e.